The van der Waals surface area contributed by atoms with Crippen LogP contribution in [0.4, 0.5) is 4.39 Å². The Morgan fingerprint density at radius 3 is 2.64 bits per heavy atom. The molecule has 1 aliphatic rings. The normalized spacial score (nSPS) is 17.4. The third-order valence-corrected chi connectivity index (χ3v) is 4.18. The van der Waals surface area contributed by atoms with Crippen molar-refractivity contribution in [2.24, 2.45) is 5.92 Å². The van der Waals surface area contributed by atoms with E-state index in [1.165, 1.54) is 18.4 Å². The third-order valence-electron chi connectivity index (χ3n) is 4.18. The minimum Gasteiger partial charge on any atom is -0.461 e. The van der Waals surface area contributed by atoms with E-state index in [1.54, 1.807) is 18.2 Å². The molecule has 3 rings (SSSR count). The van der Waals surface area contributed by atoms with Crippen LogP contribution in [0.2, 0.25) is 0 Å². The van der Waals surface area contributed by atoms with Gasteiger partial charge in [0.15, 0.2) is 5.76 Å². The van der Waals surface area contributed by atoms with Crippen LogP contribution in [-0.4, -0.2) is 47.2 Å². The lowest BCUT2D eigenvalue weighted by atomic mass is 9.96. The molecule has 1 aromatic carbocycles. The van der Waals surface area contributed by atoms with Crippen LogP contribution in [0.3, 0.4) is 0 Å². The molecule has 0 bridgehead atoms. The summed E-state index contributed by atoms with van der Waals surface area (Å²) in [6.45, 7) is -0.334. The zero-order valence-electron chi connectivity index (χ0n) is 13.3. The molecule has 1 unspecified atom stereocenters. The Morgan fingerprint density at radius 2 is 1.96 bits per heavy atom. The molecule has 1 fully saturated rings. The first-order valence-electron chi connectivity index (χ1n) is 7.80. The number of benzene rings is 1. The van der Waals surface area contributed by atoms with Crippen molar-refractivity contribution in [3.8, 4) is 0 Å². The van der Waals surface area contributed by atoms with Gasteiger partial charge in [0.05, 0.1) is 12.9 Å². The summed E-state index contributed by atoms with van der Waals surface area (Å²) in [6.07, 6.45) is 1.69. The van der Waals surface area contributed by atoms with E-state index in [9.17, 15) is 18.8 Å². The first-order chi connectivity index (χ1) is 12.0. The van der Waals surface area contributed by atoms with Crippen molar-refractivity contribution in [1.82, 2.24) is 4.90 Å². The van der Waals surface area contributed by atoms with Gasteiger partial charge in [-0.1, -0.05) is 12.1 Å². The number of aliphatic hydroxyl groups is 1. The molecule has 0 aliphatic carbocycles. The SMILES string of the molecule is O=C1C(=O)N(CCO)CC1C(=O)c1occc1Cc1ccc(F)cc1. The zero-order valence-corrected chi connectivity index (χ0v) is 13.3. The second-order valence-electron chi connectivity index (χ2n) is 5.83. The Labute approximate surface area is 142 Å². The molecule has 1 amide bonds. The maximum absolute atomic E-state index is 13.0. The molecule has 0 radical (unpaired) electrons. The number of hydrogen-bond acceptors (Lipinski definition) is 5. The number of hydrogen-bond donors (Lipinski definition) is 1. The van der Waals surface area contributed by atoms with E-state index in [2.05, 4.69) is 0 Å². The second-order valence-corrected chi connectivity index (χ2v) is 5.83. The first-order valence-corrected chi connectivity index (χ1v) is 7.80. The van der Waals surface area contributed by atoms with E-state index in [4.69, 9.17) is 9.52 Å². The van der Waals surface area contributed by atoms with Crippen LogP contribution in [0.5, 0.6) is 0 Å². The Bertz CT molecular complexity index is 811. The molecule has 1 atom stereocenters. The monoisotopic (exact) mass is 345 g/mol. The van der Waals surface area contributed by atoms with Gasteiger partial charge in [-0.2, -0.15) is 0 Å². The summed E-state index contributed by atoms with van der Waals surface area (Å²) in [4.78, 5) is 37.7. The molecular weight excluding hydrogens is 329 g/mol. The summed E-state index contributed by atoms with van der Waals surface area (Å²) in [6, 6.07) is 7.46. The molecule has 25 heavy (non-hydrogen) atoms. The summed E-state index contributed by atoms with van der Waals surface area (Å²) in [5, 5.41) is 8.93. The number of likely N-dealkylation sites (tertiary alicyclic amines) is 1. The highest BCUT2D eigenvalue weighted by Crippen LogP contribution is 2.24. The molecule has 0 spiro atoms. The Morgan fingerprint density at radius 1 is 1.24 bits per heavy atom. The standard InChI is InChI=1S/C18H16FNO5/c19-13-3-1-11(2-4-13)9-12-5-8-25-17(12)15(22)14-10-20(6-7-21)18(24)16(14)23/h1-5,8,14,21H,6-7,9-10H2. The number of aliphatic hydroxyl groups excluding tert-OH is 1. The van der Waals surface area contributed by atoms with Gasteiger partial charge in [0.25, 0.3) is 5.91 Å². The summed E-state index contributed by atoms with van der Waals surface area (Å²) < 4.78 is 18.3. The molecule has 1 N–H and O–H groups in total. The third kappa shape index (κ3) is 3.36. The van der Waals surface area contributed by atoms with Crippen LogP contribution in [-0.2, 0) is 16.0 Å². The van der Waals surface area contributed by atoms with Crippen molar-refractivity contribution in [2.45, 2.75) is 6.42 Å². The molecule has 2 aromatic rings. The van der Waals surface area contributed by atoms with E-state index in [1.807, 2.05) is 0 Å². The topological polar surface area (TPSA) is 87.8 Å². The van der Waals surface area contributed by atoms with Gasteiger partial charge >= 0.3 is 0 Å². The number of carbonyl (C=O) groups excluding carboxylic acids is 3. The number of rotatable bonds is 6. The average molecular weight is 345 g/mol. The van der Waals surface area contributed by atoms with Crippen molar-refractivity contribution in [3.63, 3.8) is 0 Å². The fraction of sp³-hybridized carbons (Fsp3) is 0.278. The average Bonchev–Trinajstić information content (AvgIpc) is 3.17. The molecule has 130 valence electrons. The lowest BCUT2D eigenvalue weighted by Crippen LogP contribution is -2.30. The molecule has 1 aliphatic heterocycles. The second kappa shape index (κ2) is 6.98. The number of Topliss-reactive ketones (excluding diaryl/α,β-unsaturated/α-hetero) is 2. The van der Waals surface area contributed by atoms with E-state index >= 15 is 0 Å². The predicted molar refractivity (Wildman–Crippen MR) is 84.4 cm³/mol. The minimum atomic E-state index is -1.13. The fourth-order valence-corrected chi connectivity index (χ4v) is 2.88. The van der Waals surface area contributed by atoms with Crippen LogP contribution in [0.25, 0.3) is 0 Å². The molecule has 0 saturated carbocycles. The molecule has 1 saturated heterocycles. The Hall–Kier alpha value is -2.80. The van der Waals surface area contributed by atoms with Crippen molar-refractivity contribution in [2.75, 3.05) is 19.7 Å². The summed E-state index contributed by atoms with van der Waals surface area (Å²) in [7, 11) is 0. The van der Waals surface area contributed by atoms with Crippen LogP contribution < -0.4 is 0 Å². The Kier molecular flexibility index (Phi) is 4.76. The highest BCUT2D eigenvalue weighted by atomic mass is 19.1. The van der Waals surface area contributed by atoms with Gasteiger partial charge in [-0.15, -0.1) is 0 Å². The van der Waals surface area contributed by atoms with Gasteiger partial charge in [-0.25, -0.2) is 4.39 Å². The smallest absolute Gasteiger partial charge is 0.290 e. The number of furan rings is 1. The number of β-amino-alcohol motifs (C(OH)–C–C–N with tert-alkyl or cyclic N) is 1. The molecular formula is C18H16FNO5. The number of nitrogens with zero attached hydrogens (tertiary/aromatic N) is 1. The van der Waals surface area contributed by atoms with Gasteiger partial charge in [-0.05, 0) is 23.8 Å². The van der Waals surface area contributed by atoms with E-state index < -0.39 is 23.4 Å². The lowest BCUT2D eigenvalue weighted by Gasteiger charge is -2.12. The van der Waals surface area contributed by atoms with Crippen LogP contribution in [0.1, 0.15) is 21.7 Å². The lowest BCUT2D eigenvalue weighted by molar-refractivity contribution is -0.140. The summed E-state index contributed by atoms with van der Waals surface area (Å²) in [5.41, 5.74) is 1.35. The van der Waals surface area contributed by atoms with Crippen LogP contribution in [0, 0.1) is 11.7 Å². The number of amides is 1. The van der Waals surface area contributed by atoms with Gasteiger partial charge < -0.3 is 14.4 Å². The predicted octanol–water partition coefficient (Wildman–Crippen LogP) is 1.21. The fourth-order valence-electron chi connectivity index (χ4n) is 2.88. The summed E-state index contributed by atoms with van der Waals surface area (Å²) >= 11 is 0. The zero-order chi connectivity index (χ0) is 18.0. The van der Waals surface area contributed by atoms with Crippen molar-refractivity contribution < 1.29 is 28.3 Å². The first kappa shape index (κ1) is 17.0. The van der Waals surface area contributed by atoms with Gasteiger partial charge in [0.1, 0.15) is 11.7 Å². The highest BCUT2D eigenvalue weighted by molar-refractivity contribution is 6.43. The van der Waals surface area contributed by atoms with Gasteiger partial charge in [0, 0.05) is 25.1 Å². The Balaban J connectivity index is 1.80. The molecule has 6 nitrogen and oxygen atoms in total. The van der Waals surface area contributed by atoms with Crippen molar-refractivity contribution in [3.05, 3.63) is 59.3 Å². The largest absolute Gasteiger partial charge is 0.461 e. The van der Waals surface area contributed by atoms with E-state index in [-0.39, 0.29) is 31.3 Å². The maximum atomic E-state index is 13.0. The molecule has 1 aromatic heterocycles. The molecule has 7 heteroatoms. The van der Waals surface area contributed by atoms with Crippen LogP contribution >= 0.6 is 0 Å². The highest BCUT2D eigenvalue weighted by Gasteiger charge is 2.44. The van der Waals surface area contributed by atoms with Gasteiger partial charge in [0.2, 0.25) is 11.6 Å². The maximum Gasteiger partial charge on any atom is 0.290 e. The van der Waals surface area contributed by atoms with E-state index in [0.29, 0.717) is 12.0 Å². The summed E-state index contributed by atoms with van der Waals surface area (Å²) in [5.74, 6) is -3.56. The molecule has 2 heterocycles. The number of halogens is 1. The van der Waals surface area contributed by atoms with Crippen molar-refractivity contribution in [1.29, 1.82) is 0 Å². The quantitative estimate of drug-likeness (QED) is 0.483. The van der Waals surface area contributed by atoms with Gasteiger partial charge in [-0.3, -0.25) is 14.4 Å². The van der Waals surface area contributed by atoms with Crippen molar-refractivity contribution >= 4 is 17.5 Å². The number of ketones is 2. The van der Waals surface area contributed by atoms with E-state index in [0.717, 1.165) is 10.5 Å². The van der Waals surface area contributed by atoms with Crippen LogP contribution in [0.15, 0.2) is 41.0 Å². The number of carbonyl (C=O) groups is 3. The minimum absolute atomic E-state index is 0.00887.